The van der Waals surface area contributed by atoms with E-state index in [1.165, 1.54) is 0 Å². The van der Waals surface area contributed by atoms with Crippen LogP contribution in [-0.2, 0) is 4.79 Å². The lowest BCUT2D eigenvalue weighted by Crippen LogP contribution is -2.11. The van der Waals surface area contributed by atoms with Crippen LogP contribution < -0.4 is 5.73 Å². The highest BCUT2D eigenvalue weighted by atomic mass is 16.1. The Morgan fingerprint density at radius 3 is 3.00 bits per heavy atom. The van der Waals surface area contributed by atoms with E-state index in [9.17, 15) is 4.79 Å². The Balaban J connectivity index is 2.13. The van der Waals surface area contributed by atoms with Crippen molar-refractivity contribution in [3.63, 3.8) is 0 Å². The SMILES string of the molecule is NCCN=C1CC=C2C(=O)CC=C2C1. The van der Waals surface area contributed by atoms with E-state index in [0.29, 0.717) is 19.5 Å². The predicted molar refractivity (Wildman–Crippen MR) is 56.4 cm³/mol. The molecule has 2 aliphatic carbocycles. The standard InChI is InChI=1S/C11H14N2O/c12-5-6-13-9-2-3-10-8(7-9)1-4-11(10)14/h1,3H,2,4-7,12H2. The highest BCUT2D eigenvalue weighted by molar-refractivity contribution is 6.08. The third kappa shape index (κ3) is 1.68. The van der Waals surface area contributed by atoms with Gasteiger partial charge in [-0.05, 0) is 5.57 Å². The molecule has 14 heavy (non-hydrogen) atoms. The van der Waals surface area contributed by atoms with Crippen LogP contribution in [0, 0.1) is 0 Å². The van der Waals surface area contributed by atoms with Crippen molar-refractivity contribution >= 4 is 11.5 Å². The topological polar surface area (TPSA) is 55.4 Å². The molecule has 0 radical (unpaired) electrons. The summed E-state index contributed by atoms with van der Waals surface area (Å²) in [6, 6.07) is 0. The van der Waals surface area contributed by atoms with Crippen molar-refractivity contribution in [2.75, 3.05) is 13.1 Å². The summed E-state index contributed by atoms with van der Waals surface area (Å²) in [6.07, 6.45) is 6.26. The second-order valence-electron chi connectivity index (χ2n) is 3.59. The zero-order valence-electron chi connectivity index (χ0n) is 8.12. The van der Waals surface area contributed by atoms with E-state index in [2.05, 4.69) is 4.99 Å². The average Bonchev–Trinajstić information content (AvgIpc) is 2.57. The third-order valence-electron chi connectivity index (χ3n) is 2.58. The first kappa shape index (κ1) is 9.34. The number of aliphatic imine (C=N–C) groups is 1. The lowest BCUT2D eigenvalue weighted by Gasteiger charge is -2.13. The normalized spacial score (nSPS) is 23.5. The first-order chi connectivity index (χ1) is 6.81. The summed E-state index contributed by atoms with van der Waals surface area (Å²) >= 11 is 0. The highest BCUT2D eigenvalue weighted by Gasteiger charge is 2.24. The largest absolute Gasteiger partial charge is 0.329 e. The fourth-order valence-electron chi connectivity index (χ4n) is 1.88. The van der Waals surface area contributed by atoms with Crippen molar-refractivity contribution in [3.05, 3.63) is 23.3 Å². The fourth-order valence-corrected chi connectivity index (χ4v) is 1.88. The molecule has 2 aliphatic rings. The van der Waals surface area contributed by atoms with Crippen LogP contribution in [0.15, 0.2) is 28.3 Å². The second kappa shape index (κ2) is 3.88. The number of rotatable bonds is 2. The number of carbonyl (C=O) groups is 1. The van der Waals surface area contributed by atoms with Crippen LogP contribution in [0.2, 0.25) is 0 Å². The van der Waals surface area contributed by atoms with Crippen molar-refractivity contribution in [1.82, 2.24) is 0 Å². The zero-order valence-corrected chi connectivity index (χ0v) is 8.12. The molecule has 0 aromatic carbocycles. The van der Waals surface area contributed by atoms with Gasteiger partial charge in [0.15, 0.2) is 5.78 Å². The van der Waals surface area contributed by atoms with Gasteiger partial charge in [-0.15, -0.1) is 0 Å². The molecule has 0 aromatic heterocycles. The number of nitrogens with zero attached hydrogens (tertiary/aromatic N) is 1. The number of allylic oxidation sites excluding steroid dienone is 4. The number of carbonyl (C=O) groups excluding carboxylic acids is 1. The molecule has 0 spiro atoms. The van der Waals surface area contributed by atoms with Crippen molar-refractivity contribution < 1.29 is 4.79 Å². The molecule has 0 atom stereocenters. The molecule has 0 heterocycles. The second-order valence-corrected chi connectivity index (χ2v) is 3.59. The molecule has 2 rings (SSSR count). The molecule has 0 saturated carbocycles. The maximum atomic E-state index is 11.3. The molecule has 0 amide bonds. The van der Waals surface area contributed by atoms with E-state index in [0.717, 1.165) is 29.7 Å². The van der Waals surface area contributed by atoms with E-state index in [1.807, 2.05) is 12.2 Å². The summed E-state index contributed by atoms with van der Waals surface area (Å²) < 4.78 is 0. The van der Waals surface area contributed by atoms with E-state index >= 15 is 0 Å². The summed E-state index contributed by atoms with van der Waals surface area (Å²) in [6.45, 7) is 1.29. The molecule has 3 heteroatoms. The van der Waals surface area contributed by atoms with Gasteiger partial charge < -0.3 is 5.73 Å². The van der Waals surface area contributed by atoms with Crippen LogP contribution in [0.4, 0.5) is 0 Å². The minimum Gasteiger partial charge on any atom is -0.329 e. The van der Waals surface area contributed by atoms with E-state index in [-0.39, 0.29) is 5.78 Å². The monoisotopic (exact) mass is 190 g/mol. The van der Waals surface area contributed by atoms with Gasteiger partial charge in [-0.1, -0.05) is 12.2 Å². The predicted octanol–water partition coefficient (Wildman–Crippen LogP) is 1.01. The smallest absolute Gasteiger partial charge is 0.166 e. The van der Waals surface area contributed by atoms with E-state index < -0.39 is 0 Å². The Morgan fingerprint density at radius 2 is 2.21 bits per heavy atom. The molecule has 0 fully saturated rings. The van der Waals surface area contributed by atoms with Crippen LogP contribution >= 0.6 is 0 Å². The van der Waals surface area contributed by atoms with Gasteiger partial charge in [-0.3, -0.25) is 9.79 Å². The molecule has 0 unspecified atom stereocenters. The zero-order chi connectivity index (χ0) is 9.97. The van der Waals surface area contributed by atoms with Gasteiger partial charge >= 0.3 is 0 Å². The number of Topliss-reactive ketones (excluding diaryl/α,β-unsaturated/α-hetero) is 1. The van der Waals surface area contributed by atoms with Gasteiger partial charge in [0.05, 0.1) is 6.54 Å². The lowest BCUT2D eigenvalue weighted by molar-refractivity contribution is -0.114. The summed E-state index contributed by atoms with van der Waals surface area (Å²) in [5.41, 5.74) is 8.63. The van der Waals surface area contributed by atoms with Crippen LogP contribution in [0.5, 0.6) is 0 Å². The first-order valence-corrected chi connectivity index (χ1v) is 4.96. The molecule has 0 saturated heterocycles. The molecule has 2 N–H and O–H groups in total. The van der Waals surface area contributed by atoms with Crippen molar-refractivity contribution in [3.8, 4) is 0 Å². The Morgan fingerprint density at radius 1 is 1.36 bits per heavy atom. The lowest BCUT2D eigenvalue weighted by atomic mass is 9.94. The van der Waals surface area contributed by atoms with Crippen LogP contribution in [0.25, 0.3) is 0 Å². The van der Waals surface area contributed by atoms with Gasteiger partial charge in [0.25, 0.3) is 0 Å². The van der Waals surface area contributed by atoms with Gasteiger partial charge in [0.1, 0.15) is 0 Å². The number of fused-ring (bicyclic) bond motifs is 1. The Hall–Kier alpha value is -1.22. The first-order valence-electron chi connectivity index (χ1n) is 4.96. The molecule has 74 valence electrons. The van der Waals surface area contributed by atoms with Crippen LogP contribution in [0.3, 0.4) is 0 Å². The molecular weight excluding hydrogens is 176 g/mol. The van der Waals surface area contributed by atoms with Crippen molar-refractivity contribution in [1.29, 1.82) is 0 Å². The van der Waals surface area contributed by atoms with Gasteiger partial charge in [0, 0.05) is 37.1 Å². The fraction of sp³-hybridized carbons (Fsp3) is 0.455. The third-order valence-corrected chi connectivity index (χ3v) is 2.58. The van der Waals surface area contributed by atoms with Crippen LogP contribution in [0.1, 0.15) is 19.3 Å². The van der Waals surface area contributed by atoms with Crippen LogP contribution in [-0.4, -0.2) is 24.6 Å². The molecular formula is C11H14N2O. The Labute approximate surface area is 83.4 Å². The number of hydrogen-bond acceptors (Lipinski definition) is 3. The van der Waals surface area contributed by atoms with Gasteiger partial charge in [-0.2, -0.15) is 0 Å². The highest BCUT2D eigenvalue weighted by Crippen LogP contribution is 2.29. The molecule has 0 aromatic rings. The van der Waals surface area contributed by atoms with E-state index in [1.54, 1.807) is 0 Å². The number of ketones is 1. The minimum atomic E-state index is 0.262. The minimum absolute atomic E-state index is 0.262. The molecule has 0 bridgehead atoms. The van der Waals surface area contributed by atoms with Crippen molar-refractivity contribution in [2.24, 2.45) is 10.7 Å². The number of hydrogen-bond donors (Lipinski definition) is 1. The molecule has 0 aliphatic heterocycles. The quantitative estimate of drug-likeness (QED) is 0.706. The summed E-state index contributed by atoms with van der Waals surface area (Å²) in [4.78, 5) is 15.7. The Kier molecular flexibility index (Phi) is 2.59. The van der Waals surface area contributed by atoms with Gasteiger partial charge in [-0.25, -0.2) is 0 Å². The summed E-state index contributed by atoms with van der Waals surface area (Å²) in [5.74, 6) is 0.262. The maximum absolute atomic E-state index is 11.3. The van der Waals surface area contributed by atoms with Crippen molar-refractivity contribution in [2.45, 2.75) is 19.3 Å². The van der Waals surface area contributed by atoms with E-state index in [4.69, 9.17) is 5.73 Å². The summed E-state index contributed by atoms with van der Waals surface area (Å²) in [5, 5.41) is 0. The Bertz CT molecular complexity index is 350. The average molecular weight is 190 g/mol. The maximum Gasteiger partial charge on any atom is 0.166 e. The van der Waals surface area contributed by atoms with Gasteiger partial charge in [0.2, 0.25) is 0 Å². The molecule has 3 nitrogen and oxygen atoms in total. The summed E-state index contributed by atoms with van der Waals surface area (Å²) in [7, 11) is 0. The number of nitrogens with two attached hydrogens (primary N) is 1.